The molecule has 2 saturated carbocycles. The largest absolute Gasteiger partial charge is 0.481 e. The highest BCUT2D eigenvalue weighted by Crippen LogP contribution is 2.45. The Hall–Kier alpha value is -1.65. The number of anilines is 1. The molecule has 3 aliphatic rings. The summed E-state index contributed by atoms with van der Waals surface area (Å²) in [7, 11) is 0. The normalized spacial score (nSPS) is 29.7. The molecule has 0 amide bonds. The second-order valence-electron chi connectivity index (χ2n) is 6.43. The van der Waals surface area contributed by atoms with Crippen LogP contribution in [0.4, 0.5) is 5.82 Å². The predicted molar refractivity (Wildman–Crippen MR) is 73.6 cm³/mol. The van der Waals surface area contributed by atoms with Gasteiger partial charge in [-0.1, -0.05) is 0 Å². The Kier molecular flexibility index (Phi) is 2.69. The van der Waals surface area contributed by atoms with Gasteiger partial charge >= 0.3 is 5.97 Å². The highest BCUT2D eigenvalue weighted by Gasteiger charge is 2.46. The van der Waals surface area contributed by atoms with E-state index in [1.165, 1.54) is 25.7 Å². The van der Waals surface area contributed by atoms with Gasteiger partial charge in [-0.05, 0) is 37.5 Å². The summed E-state index contributed by atoms with van der Waals surface area (Å²) in [6.45, 7) is 1.43. The Morgan fingerprint density at radius 1 is 1.20 bits per heavy atom. The van der Waals surface area contributed by atoms with Crippen molar-refractivity contribution >= 4 is 11.8 Å². The van der Waals surface area contributed by atoms with Crippen molar-refractivity contribution in [3.8, 4) is 0 Å². The molecule has 20 heavy (non-hydrogen) atoms. The maximum Gasteiger partial charge on any atom is 0.308 e. The number of carboxylic acids is 1. The van der Waals surface area contributed by atoms with E-state index in [1.54, 1.807) is 6.33 Å². The van der Waals surface area contributed by atoms with Gasteiger partial charge < -0.3 is 10.0 Å². The van der Waals surface area contributed by atoms with Crippen LogP contribution in [0, 0.1) is 17.8 Å². The van der Waals surface area contributed by atoms with Crippen molar-refractivity contribution in [2.24, 2.45) is 17.8 Å². The maximum absolute atomic E-state index is 11.4. The van der Waals surface area contributed by atoms with Crippen LogP contribution in [0.25, 0.3) is 0 Å². The van der Waals surface area contributed by atoms with Gasteiger partial charge in [0.1, 0.15) is 12.1 Å². The highest BCUT2D eigenvalue weighted by molar-refractivity contribution is 5.72. The van der Waals surface area contributed by atoms with Gasteiger partial charge in [0.15, 0.2) is 0 Å². The molecule has 2 heterocycles. The standard InChI is InChI=1S/C15H19N3O2/c19-15(20)12-7-18(6-11(12)9-1-2-9)14-5-13(10-3-4-10)16-8-17-14/h5,8-12H,1-4,6-7H2,(H,19,20)/t11-,12+/m1/s1. The van der Waals surface area contributed by atoms with E-state index in [0.29, 0.717) is 24.3 Å². The molecule has 1 aromatic rings. The molecule has 0 unspecified atom stereocenters. The van der Waals surface area contributed by atoms with Crippen molar-refractivity contribution in [3.63, 3.8) is 0 Å². The molecule has 2 atom stereocenters. The van der Waals surface area contributed by atoms with Crippen molar-refractivity contribution in [2.45, 2.75) is 31.6 Å². The average molecular weight is 273 g/mol. The fraction of sp³-hybridized carbons (Fsp3) is 0.667. The van der Waals surface area contributed by atoms with Gasteiger partial charge in [-0.3, -0.25) is 4.79 Å². The zero-order chi connectivity index (χ0) is 13.7. The quantitative estimate of drug-likeness (QED) is 0.907. The van der Waals surface area contributed by atoms with Gasteiger partial charge in [-0.25, -0.2) is 9.97 Å². The van der Waals surface area contributed by atoms with Crippen LogP contribution in [0.5, 0.6) is 0 Å². The molecule has 0 spiro atoms. The molecular weight excluding hydrogens is 254 g/mol. The van der Waals surface area contributed by atoms with Gasteiger partial charge in [0, 0.05) is 30.8 Å². The number of aliphatic carboxylic acids is 1. The van der Waals surface area contributed by atoms with E-state index in [-0.39, 0.29) is 5.92 Å². The summed E-state index contributed by atoms with van der Waals surface area (Å²) in [5, 5.41) is 9.42. The summed E-state index contributed by atoms with van der Waals surface area (Å²) in [6, 6.07) is 2.06. The Morgan fingerprint density at radius 2 is 2.00 bits per heavy atom. The number of hydrogen-bond donors (Lipinski definition) is 1. The SMILES string of the molecule is O=C(O)[C@H]1CN(c2cc(C3CC3)ncn2)C[C@@H]1C1CC1. The van der Waals surface area contributed by atoms with Crippen LogP contribution in [-0.2, 0) is 4.79 Å². The third-order valence-electron chi connectivity index (χ3n) is 4.90. The number of nitrogens with zero attached hydrogens (tertiary/aromatic N) is 3. The van der Waals surface area contributed by atoms with Crippen molar-refractivity contribution < 1.29 is 9.90 Å². The number of rotatable bonds is 4. The molecule has 2 aliphatic carbocycles. The fourth-order valence-corrected chi connectivity index (χ4v) is 3.42. The van der Waals surface area contributed by atoms with Crippen LogP contribution in [-0.4, -0.2) is 34.1 Å². The minimum atomic E-state index is -0.652. The van der Waals surface area contributed by atoms with Crippen LogP contribution >= 0.6 is 0 Å². The van der Waals surface area contributed by atoms with E-state index >= 15 is 0 Å². The first-order valence-electron chi connectivity index (χ1n) is 7.52. The van der Waals surface area contributed by atoms with E-state index in [9.17, 15) is 9.90 Å². The summed E-state index contributed by atoms with van der Waals surface area (Å²) in [5.41, 5.74) is 1.12. The first-order chi connectivity index (χ1) is 9.72. The average Bonchev–Trinajstić information content (AvgIpc) is 3.35. The first-order valence-corrected chi connectivity index (χ1v) is 7.52. The van der Waals surface area contributed by atoms with Gasteiger partial charge in [-0.15, -0.1) is 0 Å². The van der Waals surface area contributed by atoms with Gasteiger partial charge in [0.25, 0.3) is 0 Å². The Morgan fingerprint density at radius 3 is 2.65 bits per heavy atom. The third-order valence-corrected chi connectivity index (χ3v) is 4.90. The Bertz CT molecular complexity index is 540. The number of hydrogen-bond acceptors (Lipinski definition) is 4. The summed E-state index contributed by atoms with van der Waals surface area (Å²) in [6.07, 6.45) is 6.46. The lowest BCUT2D eigenvalue weighted by atomic mass is 9.92. The molecule has 0 radical (unpaired) electrons. The zero-order valence-corrected chi connectivity index (χ0v) is 11.4. The Balaban J connectivity index is 1.56. The monoisotopic (exact) mass is 273 g/mol. The molecule has 1 aliphatic heterocycles. The van der Waals surface area contributed by atoms with Crippen LogP contribution in [0.3, 0.4) is 0 Å². The predicted octanol–water partition coefficient (Wildman–Crippen LogP) is 1.90. The van der Waals surface area contributed by atoms with Crippen molar-refractivity contribution in [2.75, 3.05) is 18.0 Å². The van der Waals surface area contributed by atoms with E-state index < -0.39 is 5.97 Å². The van der Waals surface area contributed by atoms with Gasteiger partial charge in [0.05, 0.1) is 5.92 Å². The van der Waals surface area contributed by atoms with E-state index in [4.69, 9.17) is 0 Å². The summed E-state index contributed by atoms with van der Waals surface area (Å²) >= 11 is 0. The van der Waals surface area contributed by atoms with Crippen LogP contribution in [0.2, 0.25) is 0 Å². The molecule has 0 bridgehead atoms. The van der Waals surface area contributed by atoms with Crippen molar-refractivity contribution in [3.05, 3.63) is 18.1 Å². The van der Waals surface area contributed by atoms with Crippen molar-refractivity contribution in [1.82, 2.24) is 9.97 Å². The van der Waals surface area contributed by atoms with Crippen LogP contribution in [0.1, 0.15) is 37.3 Å². The molecule has 1 N–H and O–H groups in total. The lowest BCUT2D eigenvalue weighted by molar-refractivity contribution is -0.142. The lowest BCUT2D eigenvalue weighted by Crippen LogP contribution is -2.24. The van der Waals surface area contributed by atoms with Crippen LogP contribution < -0.4 is 4.90 Å². The molecule has 5 nitrogen and oxygen atoms in total. The van der Waals surface area contributed by atoms with Crippen molar-refractivity contribution in [1.29, 1.82) is 0 Å². The smallest absolute Gasteiger partial charge is 0.308 e. The minimum absolute atomic E-state index is 0.234. The number of carboxylic acid groups (broad SMARTS) is 1. The fourth-order valence-electron chi connectivity index (χ4n) is 3.42. The third kappa shape index (κ3) is 2.15. The lowest BCUT2D eigenvalue weighted by Gasteiger charge is -2.17. The summed E-state index contributed by atoms with van der Waals surface area (Å²) in [5.74, 6) is 1.55. The second-order valence-corrected chi connectivity index (χ2v) is 6.43. The number of aromatic nitrogens is 2. The molecule has 1 aromatic heterocycles. The van der Waals surface area contributed by atoms with Gasteiger partial charge in [0.2, 0.25) is 0 Å². The second kappa shape index (κ2) is 4.43. The number of carbonyl (C=O) groups is 1. The molecule has 5 heteroatoms. The molecule has 4 rings (SSSR count). The van der Waals surface area contributed by atoms with E-state index in [0.717, 1.165) is 18.1 Å². The zero-order valence-electron chi connectivity index (χ0n) is 11.4. The molecule has 106 valence electrons. The van der Waals surface area contributed by atoms with E-state index in [2.05, 4.69) is 20.9 Å². The molecule has 0 aromatic carbocycles. The summed E-state index contributed by atoms with van der Waals surface area (Å²) in [4.78, 5) is 22.3. The van der Waals surface area contributed by atoms with E-state index in [1.807, 2.05) is 0 Å². The van der Waals surface area contributed by atoms with Crippen LogP contribution in [0.15, 0.2) is 12.4 Å². The highest BCUT2D eigenvalue weighted by atomic mass is 16.4. The first kappa shape index (κ1) is 12.1. The molecule has 3 fully saturated rings. The Labute approximate surface area is 118 Å². The molecule has 1 saturated heterocycles. The van der Waals surface area contributed by atoms with Gasteiger partial charge in [-0.2, -0.15) is 0 Å². The minimum Gasteiger partial charge on any atom is -0.481 e. The summed E-state index contributed by atoms with van der Waals surface area (Å²) < 4.78 is 0. The maximum atomic E-state index is 11.4. The molecular formula is C15H19N3O2. The topological polar surface area (TPSA) is 66.3 Å².